The Bertz CT molecular complexity index is 295. The van der Waals surface area contributed by atoms with Gasteiger partial charge in [-0.05, 0) is 19.3 Å². The number of nitrogens with zero attached hydrogens (tertiary/aromatic N) is 1. The van der Waals surface area contributed by atoms with Crippen LogP contribution in [0, 0.1) is 5.92 Å². The van der Waals surface area contributed by atoms with Crippen molar-refractivity contribution in [3.05, 3.63) is 11.6 Å². The van der Waals surface area contributed by atoms with Crippen molar-refractivity contribution in [1.82, 2.24) is 4.90 Å². The van der Waals surface area contributed by atoms with Crippen LogP contribution in [0.3, 0.4) is 0 Å². The Morgan fingerprint density at radius 3 is 2.92 bits per heavy atom. The van der Waals surface area contributed by atoms with E-state index >= 15 is 0 Å². The van der Waals surface area contributed by atoms with Gasteiger partial charge in [-0.2, -0.15) is 0 Å². The van der Waals surface area contributed by atoms with Crippen molar-refractivity contribution in [2.24, 2.45) is 5.92 Å². The van der Waals surface area contributed by atoms with Crippen LogP contribution in [0.5, 0.6) is 0 Å². The predicted molar refractivity (Wildman–Crippen MR) is 44.4 cm³/mol. The summed E-state index contributed by atoms with van der Waals surface area (Å²) in [5.41, 5.74) is 0.588. The largest absolute Gasteiger partial charge is 0.376 e. The molecule has 1 N–H and O–H groups in total. The Morgan fingerprint density at radius 2 is 2.31 bits per heavy atom. The van der Waals surface area contributed by atoms with Crippen LogP contribution in [0.25, 0.3) is 0 Å². The normalized spacial score (nSPS) is 27.6. The SMILES string of the molecule is O=C1C2=CCCCC2C(=O)N1CO. The summed E-state index contributed by atoms with van der Waals surface area (Å²) in [7, 11) is 0. The summed E-state index contributed by atoms with van der Waals surface area (Å²) in [4.78, 5) is 23.9. The first-order valence-electron chi connectivity index (χ1n) is 4.42. The van der Waals surface area contributed by atoms with Gasteiger partial charge in [0.05, 0.1) is 5.92 Å². The highest BCUT2D eigenvalue weighted by Crippen LogP contribution is 2.33. The number of hydrogen-bond donors (Lipinski definition) is 1. The number of carbonyl (C=O) groups is 2. The quantitative estimate of drug-likeness (QED) is 0.581. The van der Waals surface area contributed by atoms with E-state index in [2.05, 4.69) is 0 Å². The summed E-state index contributed by atoms with van der Waals surface area (Å²) in [6.07, 6.45) is 4.38. The molecule has 4 heteroatoms. The van der Waals surface area contributed by atoms with Gasteiger partial charge in [0.15, 0.2) is 0 Å². The number of likely N-dealkylation sites (tertiary alicyclic amines) is 1. The van der Waals surface area contributed by atoms with Crippen molar-refractivity contribution in [1.29, 1.82) is 0 Å². The smallest absolute Gasteiger partial charge is 0.258 e. The lowest BCUT2D eigenvalue weighted by Gasteiger charge is -2.12. The van der Waals surface area contributed by atoms with E-state index in [0.29, 0.717) is 5.57 Å². The van der Waals surface area contributed by atoms with Crippen LogP contribution in [-0.4, -0.2) is 28.6 Å². The maximum Gasteiger partial charge on any atom is 0.258 e. The molecule has 0 aromatic rings. The second-order valence-electron chi connectivity index (χ2n) is 3.36. The minimum atomic E-state index is -0.495. The Morgan fingerprint density at radius 1 is 1.54 bits per heavy atom. The van der Waals surface area contributed by atoms with Crippen molar-refractivity contribution >= 4 is 11.8 Å². The Kier molecular flexibility index (Phi) is 1.92. The number of imide groups is 1. The maximum absolute atomic E-state index is 11.5. The first kappa shape index (κ1) is 8.44. The van der Waals surface area contributed by atoms with Crippen molar-refractivity contribution in [3.8, 4) is 0 Å². The summed E-state index contributed by atoms with van der Waals surface area (Å²) in [6.45, 7) is -0.495. The number of aliphatic hydroxyl groups is 1. The third-order valence-corrected chi connectivity index (χ3v) is 2.63. The molecule has 0 bridgehead atoms. The maximum atomic E-state index is 11.5. The highest BCUT2D eigenvalue weighted by Gasteiger charge is 2.43. The second kappa shape index (κ2) is 2.96. The molecule has 2 rings (SSSR count). The van der Waals surface area contributed by atoms with E-state index < -0.39 is 6.73 Å². The first-order valence-corrected chi connectivity index (χ1v) is 4.42. The van der Waals surface area contributed by atoms with E-state index in [0.717, 1.165) is 24.2 Å². The monoisotopic (exact) mass is 181 g/mol. The first-order chi connectivity index (χ1) is 6.25. The number of rotatable bonds is 1. The lowest BCUT2D eigenvalue weighted by molar-refractivity contribution is -0.143. The Labute approximate surface area is 75.8 Å². The molecule has 1 heterocycles. The molecule has 1 fully saturated rings. The summed E-state index contributed by atoms with van der Waals surface area (Å²) < 4.78 is 0. The van der Waals surface area contributed by atoms with Gasteiger partial charge in [-0.25, -0.2) is 0 Å². The van der Waals surface area contributed by atoms with Gasteiger partial charge >= 0.3 is 0 Å². The van der Waals surface area contributed by atoms with Gasteiger partial charge < -0.3 is 5.11 Å². The average molecular weight is 181 g/mol. The topological polar surface area (TPSA) is 57.6 Å². The van der Waals surface area contributed by atoms with Crippen molar-refractivity contribution < 1.29 is 14.7 Å². The number of amides is 2. The number of hydrogen-bond acceptors (Lipinski definition) is 3. The van der Waals surface area contributed by atoms with Gasteiger partial charge in [-0.1, -0.05) is 6.08 Å². The number of fused-ring (bicyclic) bond motifs is 1. The van der Waals surface area contributed by atoms with Gasteiger partial charge in [0.2, 0.25) is 5.91 Å². The highest BCUT2D eigenvalue weighted by molar-refractivity contribution is 6.14. The molecule has 1 aliphatic carbocycles. The van der Waals surface area contributed by atoms with Crippen LogP contribution < -0.4 is 0 Å². The molecule has 2 aliphatic rings. The molecular formula is C9H11NO3. The fraction of sp³-hybridized carbons (Fsp3) is 0.556. The van der Waals surface area contributed by atoms with E-state index in [9.17, 15) is 9.59 Å². The van der Waals surface area contributed by atoms with Crippen molar-refractivity contribution in [2.75, 3.05) is 6.73 Å². The summed E-state index contributed by atoms with van der Waals surface area (Å²) in [6, 6.07) is 0. The number of aliphatic hydroxyl groups excluding tert-OH is 1. The van der Waals surface area contributed by atoms with E-state index in [1.165, 1.54) is 0 Å². The highest BCUT2D eigenvalue weighted by atomic mass is 16.3. The van der Waals surface area contributed by atoms with Crippen molar-refractivity contribution in [3.63, 3.8) is 0 Å². The minimum absolute atomic E-state index is 0.238. The predicted octanol–water partition coefficient (Wildman–Crippen LogP) is 0.0315. The molecule has 0 aromatic heterocycles. The standard InChI is InChI=1S/C9H11NO3/c11-5-10-8(12)6-3-1-2-4-7(6)9(10)13/h3,7,11H,1-2,4-5H2. The van der Waals surface area contributed by atoms with Gasteiger partial charge in [0.25, 0.3) is 5.91 Å². The number of allylic oxidation sites excluding steroid dienone is 1. The van der Waals surface area contributed by atoms with Gasteiger partial charge in [-0.15, -0.1) is 0 Å². The molecule has 4 nitrogen and oxygen atoms in total. The molecule has 2 amide bonds. The third kappa shape index (κ3) is 1.09. The van der Waals surface area contributed by atoms with E-state index in [4.69, 9.17) is 5.11 Å². The zero-order valence-corrected chi connectivity index (χ0v) is 7.19. The Balaban J connectivity index is 2.35. The van der Waals surface area contributed by atoms with Crippen LogP contribution in [0.1, 0.15) is 19.3 Å². The summed E-state index contributed by atoms with van der Waals surface area (Å²) in [5.74, 6) is -0.816. The van der Waals surface area contributed by atoms with E-state index in [-0.39, 0.29) is 17.7 Å². The van der Waals surface area contributed by atoms with Gasteiger partial charge in [0.1, 0.15) is 6.73 Å². The molecule has 0 saturated carbocycles. The molecule has 1 aliphatic heterocycles. The molecule has 1 unspecified atom stereocenters. The van der Waals surface area contributed by atoms with Crippen LogP contribution in [0.15, 0.2) is 11.6 Å². The molecule has 0 radical (unpaired) electrons. The lowest BCUT2D eigenvalue weighted by Crippen LogP contribution is -2.31. The van der Waals surface area contributed by atoms with Crippen LogP contribution in [-0.2, 0) is 9.59 Å². The zero-order valence-electron chi connectivity index (χ0n) is 7.19. The summed E-state index contributed by atoms with van der Waals surface area (Å²) >= 11 is 0. The van der Waals surface area contributed by atoms with Crippen LogP contribution >= 0.6 is 0 Å². The van der Waals surface area contributed by atoms with Crippen LogP contribution in [0.2, 0.25) is 0 Å². The molecule has 13 heavy (non-hydrogen) atoms. The van der Waals surface area contributed by atoms with E-state index in [1.54, 1.807) is 0 Å². The molecule has 0 aromatic carbocycles. The Hall–Kier alpha value is -1.16. The van der Waals surface area contributed by atoms with Crippen LogP contribution in [0.4, 0.5) is 0 Å². The zero-order chi connectivity index (χ0) is 9.42. The second-order valence-corrected chi connectivity index (χ2v) is 3.36. The average Bonchev–Trinajstić information content (AvgIpc) is 2.41. The molecule has 0 spiro atoms. The molecule has 1 atom stereocenters. The van der Waals surface area contributed by atoms with Gasteiger partial charge in [0, 0.05) is 5.57 Å². The minimum Gasteiger partial charge on any atom is -0.376 e. The lowest BCUT2D eigenvalue weighted by atomic mass is 9.90. The molecular weight excluding hydrogens is 170 g/mol. The molecule has 1 saturated heterocycles. The van der Waals surface area contributed by atoms with E-state index in [1.807, 2.05) is 6.08 Å². The van der Waals surface area contributed by atoms with Gasteiger partial charge in [-0.3, -0.25) is 14.5 Å². The fourth-order valence-electron chi connectivity index (χ4n) is 1.95. The number of carbonyl (C=O) groups excluding carboxylic acids is 2. The molecule has 70 valence electrons. The summed E-state index contributed by atoms with van der Waals surface area (Å²) in [5, 5.41) is 8.81. The van der Waals surface area contributed by atoms with Crippen molar-refractivity contribution in [2.45, 2.75) is 19.3 Å². The third-order valence-electron chi connectivity index (χ3n) is 2.63. The fourth-order valence-corrected chi connectivity index (χ4v) is 1.95.